The molecule has 5 fully saturated rings. The van der Waals surface area contributed by atoms with Gasteiger partial charge in [-0.15, -0.1) is 0 Å². The molecule has 6 nitrogen and oxygen atoms in total. The van der Waals surface area contributed by atoms with E-state index in [1.807, 2.05) is 13.8 Å². The minimum absolute atomic E-state index is 0.163. The highest BCUT2D eigenvalue weighted by Crippen LogP contribution is 2.80. The second kappa shape index (κ2) is 6.93. The topological polar surface area (TPSA) is 86.7 Å². The van der Waals surface area contributed by atoms with Gasteiger partial charge in [0, 0.05) is 0 Å². The monoisotopic (exact) mass is 500 g/mol. The number of aryl methyl sites for hydroxylation is 2. The summed E-state index contributed by atoms with van der Waals surface area (Å²) in [6, 6.07) is 13.6. The van der Waals surface area contributed by atoms with Gasteiger partial charge in [-0.1, -0.05) is 35.4 Å². The molecule has 0 aromatic heterocycles. The van der Waals surface area contributed by atoms with E-state index in [4.69, 9.17) is 8.37 Å². The Balaban J connectivity index is 1.15. The van der Waals surface area contributed by atoms with Crippen LogP contribution in [0, 0.1) is 61.2 Å². The van der Waals surface area contributed by atoms with Gasteiger partial charge < -0.3 is 0 Å². The second-order valence-electron chi connectivity index (χ2n) is 11.1. The summed E-state index contributed by atoms with van der Waals surface area (Å²) in [5.41, 5.74) is 2.00. The highest BCUT2D eigenvalue weighted by molar-refractivity contribution is 7.87. The smallest absolute Gasteiger partial charge is 0.262 e. The molecule has 4 atom stereocenters. The van der Waals surface area contributed by atoms with Gasteiger partial charge in [-0.3, -0.25) is 8.37 Å². The Morgan fingerprint density at radius 2 is 0.853 bits per heavy atom. The molecule has 34 heavy (non-hydrogen) atoms. The summed E-state index contributed by atoms with van der Waals surface area (Å²) in [7, 11) is -7.68. The summed E-state index contributed by atoms with van der Waals surface area (Å²) >= 11 is 0. The minimum Gasteiger partial charge on any atom is -0.262 e. The molecule has 2 aromatic carbocycles. The lowest BCUT2D eigenvalue weighted by atomic mass is 9.60. The Bertz CT molecular complexity index is 1220. The van der Waals surface area contributed by atoms with Crippen molar-refractivity contribution in [2.24, 2.45) is 47.3 Å². The molecule has 0 radical (unpaired) electrons. The molecule has 4 unspecified atom stereocenters. The highest BCUT2D eigenvalue weighted by atomic mass is 32.2. The van der Waals surface area contributed by atoms with Gasteiger partial charge >= 0.3 is 0 Å². The lowest BCUT2D eigenvalue weighted by molar-refractivity contribution is 0.0202. The van der Waals surface area contributed by atoms with E-state index < -0.39 is 20.2 Å². The van der Waals surface area contributed by atoms with E-state index in [1.165, 1.54) is 0 Å². The fourth-order valence-electron chi connectivity index (χ4n) is 8.57. The van der Waals surface area contributed by atoms with Gasteiger partial charge in [0.1, 0.15) is 0 Å². The molecule has 0 bridgehead atoms. The fourth-order valence-corrected chi connectivity index (χ4v) is 10.9. The van der Waals surface area contributed by atoms with Crippen LogP contribution in [0.3, 0.4) is 0 Å². The van der Waals surface area contributed by atoms with Gasteiger partial charge in [0.15, 0.2) is 0 Å². The van der Waals surface area contributed by atoms with Gasteiger partial charge in [0.2, 0.25) is 0 Å². The van der Waals surface area contributed by atoms with Crippen LogP contribution in [-0.4, -0.2) is 29.0 Å². The fraction of sp³-hybridized carbons (Fsp3) is 0.538. The third kappa shape index (κ3) is 2.80. The lowest BCUT2D eigenvalue weighted by Crippen LogP contribution is -2.41. The standard InChI is InChI=1S/C26H28O6S2/c1-13-3-7-15(8-4-13)33(27,28)31-25-17-11-19-23-21(17)22-18(25)12-20(24(22)23)26(19)32-34(29,30)16-9-5-14(2)6-10-16/h3-10,17-26H,11-12H2,1-2H3. The SMILES string of the molecule is Cc1ccc(S(=O)(=O)OC2C3CC4C(OS(=O)(=O)c5ccc(C)cc5)C5CC2C2C3C4C52)cc1. The van der Waals surface area contributed by atoms with Crippen LogP contribution in [-0.2, 0) is 28.6 Å². The maximum atomic E-state index is 13.1. The van der Waals surface area contributed by atoms with E-state index in [1.54, 1.807) is 48.5 Å². The van der Waals surface area contributed by atoms with Crippen molar-refractivity contribution in [3.05, 3.63) is 59.7 Å². The molecule has 180 valence electrons. The van der Waals surface area contributed by atoms with Crippen molar-refractivity contribution in [3.8, 4) is 0 Å². The molecular formula is C26H28O6S2. The van der Waals surface area contributed by atoms with Gasteiger partial charge in [-0.05, 0) is 98.3 Å². The summed E-state index contributed by atoms with van der Waals surface area (Å²) < 4.78 is 64.3. The Morgan fingerprint density at radius 3 is 1.15 bits per heavy atom. The second-order valence-corrected chi connectivity index (χ2v) is 14.2. The summed E-state index contributed by atoms with van der Waals surface area (Å²) in [4.78, 5) is 0.411. The zero-order valence-electron chi connectivity index (χ0n) is 19.1. The molecule has 8 heteroatoms. The molecule has 0 heterocycles. The van der Waals surface area contributed by atoms with Crippen LogP contribution in [0.15, 0.2) is 58.3 Å². The first kappa shape index (κ1) is 21.5. The first-order valence-electron chi connectivity index (χ1n) is 12.2. The third-order valence-electron chi connectivity index (χ3n) is 9.63. The summed E-state index contributed by atoms with van der Waals surface area (Å²) in [6.45, 7) is 3.85. The normalized spacial score (nSPS) is 41.1. The zero-order valence-corrected chi connectivity index (χ0v) is 20.7. The summed E-state index contributed by atoms with van der Waals surface area (Å²) in [5, 5.41) is 0. The van der Waals surface area contributed by atoms with Crippen molar-refractivity contribution < 1.29 is 25.2 Å². The molecule has 7 rings (SSSR count). The molecule has 5 aliphatic rings. The Hall–Kier alpha value is -1.74. The molecule has 5 aliphatic carbocycles. The average Bonchev–Trinajstić information content (AvgIpc) is 3.41. The van der Waals surface area contributed by atoms with Gasteiger partial charge in [-0.2, -0.15) is 16.8 Å². The zero-order chi connectivity index (χ0) is 23.6. The Morgan fingerprint density at radius 1 is 0.559 bits per heavy atom. The average molecular weight is 501 g/mol. The van der Waals surface area contributed by atoms with Crippen molar-refractivity contribution >= 4 is 20.2 Å². The van der Waals surface area contributed by atoms with Gasteiger partial charge in [0.05, 0.1) is 22.0 Å². The van der Waals surface area contributed by atoms with E-state index >= 15 is 0 Å². The van der Waals surface area contributed by atoms with Crippen molar-refractivity contribution in [2.75, 3.05) is 0 Å². The molecule has 0 spiro atoms. The maximum absolute atomic E-state index is 13.1. The van der Waals surface area contributed by atoms with E-state index in [2.05, 4.69) is 0 Å². The van der Waals surface area contributed by atoms with Gasteiger partial charge in [0.25, 0.3) is 20.2 Å². The molecule has 0 N–H and O–H groups in total. The van der Waals surface area contributed by atoms with Crippen LogP contribution >= 0.6 is 0 Å². The molecule has 0 aliphatic heterocycles. The molecule has 0 saturated heterocycles. The van der Waals surface area contributed by atoms with Crippen molar-refractivity contribution in [1.29, 1.82) is 0 Å². The highest BCUT2D eigenvalue weighted by Gasteiger charge is 2.80. The third-order valence-corrected chi connectivity index (χ3v) is 12.3. The van der Waals surface area contributed by atoms with Crippen molar-refractivity contribution in [3.63, 3.8) is 0 Å². The number of hydrogen-bond donors (Lipinski definition) is 0. The number of hydrogen-bond acceptors (Lipinski definition) is 6. The Kier molecular flexibility index (Phi) is 4.39. The molecule has 2 aromatic rings. The summed E-state index contributed by atoms with van der Waals surface area (Å²) in [6.07, 6.45) is 0.964. The maximum Gasteiger partial charge on any atom is 0.297 e. The Labute approximate surface area is 200 Å². The largest absolute Gasteiger partial charge is 0.297 e. The van der Waals surface area contributed by atoms with E-state index in [-0.39, 0.29) is 45.7 Å². The van der Waals surface area contributed by atoms with E-state index in [9.17, 15) is 16.8 Å². The quantitative estimate of drug-likeness (QED) is 0.559. The number of rotatable bonds is 6. The first-order valence-corrected chi connectivity index (χ1v) is 15.0. The van der Waals surface area contributed by atoms with Crippen LogP contribution in [0.5, 0.6) is 0 Å². The predicted molar refractivity (Wildman–Crippen MR) is 124 cm³/mol. The molecule has 0 amide bonds. The van der Waals surface area contributed by atoms with Crippen LogP contribution in [0.1, 0.15) is 24.0 Å². The van der Waals surface area contributed by atoms with Crippen molar-refractivity contribution in [1.82, 2.24) is 0 Å². The lowest BCUT2D eigenvalue weighted by Gasteiger charge is -2.44. The molecular weight excluding hydrogens is 472 g/mol. The van der Waals surface area contributed by atoms with E-state index in [0.717, 1.165) is 24.0 Å². The van der Waals surface area contributed by atoms with Crippen LogP contribution in [0.4, 0.5) is 0 Å². The van der Waals surface area contributed by atoms with Crippen LogP contribution in [0.25, 0.3) is 0 Å². The first-order chi connectivity index (χ1) is 16.2. The summed E-state index contributed by atoms with van der Waals surface area (Å²) in [5.74, 6) is 2.43. The van der Waals surface area contributed by atoms with Crippen molar-refractivity contribution in [2.45, 2.75) is 48.7 Å². The van der Waals surface area contributed by atoms with Gasteiger partial charge in [-0.25, -0.2) is 0 Å². The van der Waals surface area contributed by atoms with Crippen LogP contribution < -0.4 is 0 Å². The predicted octanol–water partition coefficient (Wildman–Crippen LogP) is 3.93. The number of benzene rings is 2. The van der Waals surface area contributed by atoms with Crippen LogP contribution in [0.2, 0.25) is 0 Å². The van der Waals surface area contributed by atoms with E-state index in [0.29, 0.717) is 23.7 Å². The minimum atomic E-state index is -3.84. The molecule has 5 saturated carbocycles.